The quantitative estimate of drug-likeness (QED) is 0.683. The van der Waals surface area contributed by atoms with Crippen molar-refractivity contribution in [2.75, 3.05) is 7.11 Å². The first-order valence-corrected chi connectivity index (χ1v) is 9.10. The number of nitrogens with zero attached hydrogens (tertiary/aromatic N) is 1. The SMILES string of the molecule is COc1ccc(-c2c(C(N)=O)c(C)n(Cc3cccc(Cl)c3)c2C)cc1C. The molecule has 0 unspecified atom stereocenters. The molecule has 5 heteroatoms. The first kappa shape index (κ1) is 19.1. The number of aryl methyl sites for hydroxylation is 1. The summed E-state index contributed by atoms with van der Waals surface area (Å²) in [6, 6.07) is 13.6. The lowest BCUT2D eigenvalue weighted by Crippen LogP contribution is -2.13. The van der Waals surface area contributed by atoms with E-state index in [0.717, 1.165) is 39.4 Å². The largest absolute Gasteiger partial charge is 0.496 e. The van der Waals surface area contributed by atoms with Gasteiger partial charge in [-0.3, -0.25) is 4.79 Å². The van der Waals surface area contributed by atoms with Crippen LogP contribution in [0.2, 0.25) is 5.02 Å². The van der Waals surface area contributed by atoms with Gasteiger partial charge in [-0.1, -0.05) is 29.8 Å². The van der Waals surface area contributed by atoms with Gasteiger partial charge in [-0.2, -0.15) is 0 Å². The third-order valence-electron chi connectivity index (χ3n) is 4.94. The number of carbonyl (C=O) groups is 1. The molecule has 0 spiro atoms. The normalized spacial score (nSPS) is 10.9. The van der Waals surface area contributed by atoms with Gasteiger partial charge in [0.25, 0.3) is 5.91 Å². The summed E-state index contributed by atoms with van der Waals surface area (Å²) >= 11 is 6.12. The van der Waals surface area contributed by atoms with Crippen molar-refractivity contribution in [2.45, 2.75) is 27.3 Å². The standard InChI is InChI=1S/C22H23ClN2O2/c1-13-10-17(8-9-19(13)27-4)20-14(2)25(15(3)21(20)22(24)26)12-16-6-5-7-18(23)11-16/h5-11H,12H2,1-4H3,(H2,24,26). The summed E-state index contributed by atoms with van der Waals surface area (Å²) in [6.07, 6.45) is 0. The lowest BCUT2D eigenvalue weighted by molar-refractivity contribution is 0.1000. The first-order chi connectivity index (χ1) is 12.8. The Morgan fingerprint density at radius 1 is 1.11 bits per heavy atom. The number of ether oxygens (including phenoxy) is 1. The second-order valence-corrected chi connectivity index (χ2v) is 7.12. The molecule has 0 aliphatic carbocycles. The summed E-state index contributed by atoms with van der Waals surface area (Å²) in [4.78, 5) is 12.3. The Kier molecular flexibility index (Phi) is 5.29. The van der Waals surface area contributed by atoms with Crippen LogP contribution in [0.4, 0.5) is 0 Å². The van der Waals surface area contributed by atoms with Crippen molar-refractivity contribution in [3.8, 4) is 16.9 Å². The summed E-state index contributed by atoms with van der Waals surface area (Å²) in [5, 5.41) is 0.691. The van der Waals surface area contributed by atoms with Crippen molar-refractivity contribution in [3.05, 3.63) is 75.6 Å². The van der Waals surface area contributed by atoms with Crippen molar-refractivity contribution in [2.24, 2.45) is 5.73 Å². The number of hydrogen-bond acceptors (Lipinski definition) is 2. The van der Waals surface area contributed by atoms with Crippen LogP contribution in [0.25, 0.3) is 11.1 Å². The lowest BCUT2D eigenvalue weighted by atomic mass is 9.98. The van der Waals surface area contributed by atoms with E-state index in [1.165, 1.54) is 0 Å². The Morgan fingerprint density at radius 3 is 2.44 bits per heavy atom. The molecule has 0 radical (unpaired) electrons. The van der Waals surface area contributed by atoms with Gasteiger partial charge >= 0.3 is 0 Å². The van der Waals surface area contributed by atoms with E-state index in [1.807, 2.05) is 63.2 Å². The molecule has 140 valence electrons. The van der Waals surface area contributed by atoms with E-state index in [4.69, 9.17) is 22.1 Å². The van der Waals surface area contributed by atoms with E-state index in [9.17, 15) is 4.79 Å². The minimum atomic E-state index is -0.427. The van der Waals surface area contributed by atoms with Crippen molar-refractivity contribution in [1.82, 2.24) is 4.57 Å². The smallest absolute Gasteiger partial charge is 0.251 e. The zero-order chi connectivity index (χ0) is 19.7. The molecule has 2 aromatic carbocycles. The number of hydrogen-bond donors (Lipinski definition) is 1. The number of carbonyl (C=O) groups excluding carboxylic acids is 1. The Hall–Kier alpha value is -2.72. The predicted molar refractivity (Wildman–Crippen MR) is 110 cm³/mol. The Labute approximate surface area is 164 Å². The van der Waals surface area contributed by atoms with Gasteiger partial charge in [0.2, 0.25) is 0 Å². The van der Waals surface area contributed by atoms with Gasteiger partial charge in [-0.05, 0) is 61.7 Å². The number of benzene rings is 2. The number of amides is 1. The number of aromatic nitrogens is 1. The topological polar surface area (TPSA) is 57.2 Å². The van der Waals surface area contributed by atoms with Gasteiger partial charge in [0, 0.05) is 28.5 Å². The molecule has 0 bridgehead atoms. The molecule has 0 saturated carbocycles. The molecule has 0 atom stereocenters. The molecular weight excluding hydrogens is 360 g/mol. The Balaban J connectivity index is 2.17. The zero-order valence-electron chi connectivity index (χ0n) is 16.0. The highest BCUT2D eigenvalue weighted by Gasteiger charge is 2.23. The molecular formula is C22H23ClN2O2. The van der Waals surface area contributed by atoms with Crippen LogP contribution in [0.3, 0.4) is 0 Å². The highest BCUT2D eigenvalue weighted by atomic mass is 35.5. The summed E-state index contributed by atoms with van der Waals surface area (Å²) < 4.78 is 7.47. The molecule has 3 aromatic rings. The number of methoxy groups -OCH3 is 1. The van der Waals surface area contributed by atoms with Crippen molar-refractivity contribution >= 4 is 17.5 Å². The van der Waals surface area contributed by atoms with Crippen LogP contribution >= 0.6 is 11.6 Å². The van der Waals surface area contributed by atoms with E-state index < -0.39 is 5.91 Å². The maximum atomic E-state index is 12.3. The first-order valence-electron chi connectivity index (χ1n) is 8.72. The van der Waals surface area contributed by atoms with Crippen LogP contribution in [-0.4, -0.2) is 17.6 Å². The van der Waals surface area contributed by atoms with E-state index in [0.29, 0.717) is 17.1 Å². The number of halogens is 1. The Bertz CT molecular complexity index is 1020. The summed E-state index contributed by atoms with van der Waals surface area (Å²) in [7, 11) is 1.65. The van der Waals surface area contributed by atoms with Crippen LogP contribution in [0.15, 0.2) is 42.5 Å². The molecule has 2 N–H and O–H groups in total. The van der Waals surface area contributed by atoms with Crippen LogP contribution < -0.4 is 10.5 Å². The fourth-order valence-electron chi connectivity index (χ4n) is 3.63. The second kappa shape index (κ2) is 7.49. The Morgan fingerprint density at radius 2 is 1.85 bits per heavy atom. The van der Waals surface area contributed by atoms with Gasteiger partial charge in [0.15, 0.2) is 0 Å². The van der Waals surface area contributed by atoms with Gasteiger partial charge in [-0.25, -0.2) is 0 Å². The number of nitrogens with two attached hydrogens (primary N) is 1. The van der Waals surface area contributed by atoms with Crippen LogP contribution in [0.1, 0.15) is 32.9 Å². The van der Waals surface area contributed by atoms with Crippen LogP contribution in [0, 0.1) is 20.8 Å². The fourth-order valence-corrected chi connectivity index (χ4v) is 3.84. The fraction of sp³-hybridized carbons (Fsp3) is 0.227. The van der Waals surface area contributed by atoms with Gasteiger partial charge < -0.3 is 15.0 Å². The van der Waals surface area contributed by atoms with E-state index >= 15 is 0 Å². The second-order valence-electron chi connectivity index (χ2n) is 6.69. The van der Waals surface area contributed by atoms with E-state index in [-0.39, 0.29) is 0 Å². The summed E-state index contributed by atoms with van der Waals surface area (Å²) in [5.74, 6) is 0.385. The molecule has 27 heavy (non-hydrogen) atoms. The highest BCUT2D eigenvalue weighted by Crippen LogP contribution is 2.35. The molecule has 4 nitrogen and oxygen atoms in total. The minimum Gasteiger partial charge on any atom is -0.496 e. The third kappa shape index (κ3) is 3.58. The number of rotatable bonds is 5. The van der Waals surface area contributed by atoms with Crippen molar-refractivity contribution in [3.63, 3.8) is 0 Å². The van der Waals surface area contributed by atoms with E-state index in [2.05, 4.69) is 4.57 Å². The molecule has 3 rings (SSSR count). The van der Waals surface area contributed by atoms with Crippen molar-refractivity contribution in [1.29, 1.82) is 0 Å². The maximum Gasteiger partial charge on any atom is 0.251 e. The molecule has 1 amide bonds. The zero-order valence-corrected chi connectivity index (χ0v) is 16.7. The van der Waals surface area contributed by atoms with Gasteiger partial charge in [-0.15, -0.1) is 0 Å². The molecule has 1 heterocycles. The summed E-state index contributed by atoms with van der Waals surface area (Å²) in [5.41, 5.74) is 12.0. The maximum absolute atomic E-state index is 12.3. The van der Waals surface area contributed by atoms with Crippen molar-refractivity contribution < 1.29 is 9.53 Å². The van der Waals surface area contributed by atoms with Crippen LogP contribution in [-0.2, 0) is 6.54 Å². The van der Waals surface area contributed by atoms with Gasteiger partial charge in [0.05, 0.1) is 12.7 Å². The minimum absolute atomic E-state index is 0.427. The molecule has 0 aliphatic heterocycles. The highest BCUT2D eigenvalue weighted by molar-refractivity contribution is 6.30. The predicted octanol–water partition coefficient (Wildman–Crippen LogP) is 4.89. The molecule has 0 fully saturated rings. The monoisotopic (exact) mass is 382 g/mol. The van der Waals surface area contributed by atoms with Crippen LogP contribution in [0.5, 0.6) is 5.75 Å². The van der Waals surface area contributed by atoms with E-state index in [1.54, 1.807) is 7.11 Å². The third-order valence-corrected chi connectivity index (χ3v) is 5.18. The molecule has 0 aliphatic rings. The van der Waals surface area contributed by atoms with Gasteiger partial charge in [0.1, 0.15) is 5.75 Å². The average Bonchev–Trinajstić information content (AvgIpc) is 2.86. The summed E-state index contributed by atoms with van der Waals surface area (Å²) in [6.45, 7) is 6.54. The molecule has 0 saturated heterocycles. The lowest BCUT2D eigenvalue weighted by Gasteiger charge is -2.11. The average molecular weight is 383 g/mol. The molecule has 1 aromatic heterocycles. The number of primary amides is 1.